The molecule has 2 aromatic heterocycles. The number of nitrogens with one attached hydrogen (secondary N) is 1. The van der Waals surface area contributed by atoms with Crippen LogP contribution in [0.4, 0.5) is 27.6 Å². The van der Waals surface area contributed by atoms with Crippen LogP contribution >= 0.6 is 0 Å². The summed E-state index contributed by atoms with van der Waals surface area (Å²) in [5.41, 5.74) is -1.12. The molecule has 33 heavy (non-hydrogen) atoms. The zero-order valence-corrected chi connectivity index (χ0v) is 16.8. The smallest absolute Gasteiger partial charge is 0.326 e. The number of aromatic nitrogens is 3. The van der Waals surface area contributed by atoms with E-state index in [1.54, 1.807) is 24.4 Å². The number of hydrogen-bond donors (Lipinski definition) is 1. The molecule has 0 radical (unpaired) electrons. The lowest BCUT2D eigenvalue weighted by atomic mass is 10.1. The minimum Gasteiger partial charge on any atom is -0.326 e. The highest BCUT2D eigenvalue weighted by molar-refractivity contribution is 5.92. The standard InChI is InChI=1S/C23H15F5N4O/c24-18-10-17(31-21(33)9-14-4-3-5-16(8-14)23(26,27)28)11-19(25)22(18)15-12-30-32(13-15)20-6-1-2-7-29-20/h1-8,10-13H,9H2,(H,31,33). The van der Waals surface area contributed by atoms with Crippen LogP contribution in [0.5, 0.6) is 0 Å². The van der Waals surface area contributed by atoms with Crippen molar-refractivity contribution < 1.29 is 26.7 Å². The Labute approximate surface area is 184 Å². The van der Waals surface area contributed by atoms with Gasteiger partial charge < -0.3 is 5.32 Å². The second kappa shape index (κ2) is 8.81. The molecule has 0 saturated heterocycles. The predicted molar refractivity (Wildman–Crippen MR) is 110 cm³/mol. The zero-order valence-electron chi connectivity index (χ0n) is 16.8. The third kappa shape index (κ3) is 5.05. The van der Waals surface area contributed by atoms with Crippen molar-refractivity contribution in [2.24, 2.45) is 0 Å². The van der Waals surface area contributed by atoms with E-state index in [1.807, 2.05) is 0 Å². The van der Waals surface area contributed by atoms with Gasteiger partial charge in [0.25, 0.3) is 0 Å². The Balaban J connectivity index is 1.51. The Morgan fingerprint density at radius 2 is 1.76 bits per heavy atom. The maximum atomic E-state index is 14.7. The van der Waals surface area contributed by atoms with E-state index >= 15 is 0 Å². The molecule has 2 heterocycles. The van der Waals surface area contributed by atoms with Gasteiger partial charge in [0.1, 0.15) is 11.6 Å². The minimum atomic E-state index is -4.54. The van der Waals surface area contributed by atoms with Crippen molar-refractivity contribution in [1.82, 2.24) is 14.8 Å². The molecular formula is C23H15F5N4O. The Hall–Kier alpha value is -4.08. The number of nitrogens with zero attached hydrogens (tertiary/aromatic N) is 3. The molecule has 2 aromatic carbocycles. The number of carbonyl (C=O) groups excluding carboxylic acids is 1. The summed E-state index contributed by atoms with van der Waals surface area (Å²) in [6, 6.07) is 11.3. The number of amides is 1. The molecule has 168 valence electrons. The van der Waals surface area contributed by atoms with Crippen LogP contribution < -0.4 is 5.32 Å². The van der Waals surface area contributed by atoms with Gasteiger partial charge in [-0.3, -0.25) is 4.79 Å². The first-order valence-corrected chi connectivity index (χ1v) is 9.62. The van der Waals surface area contributed by atoms with Gasteiger partial charge in [0.05, 0.1) is 23.7 Å². The van der Waals surface area contributed by atoms with Crippen molar-refractivity contribution in [2.45, 2.75) is 12.6 Å². The maximum Gasteiger partial charge on any atom is 0.416 e. The maximum absolute atomic E-state index is 14.7. The number of benzene rings is 2. The number of hydrogen-bond acceptors (Lipinski definition) is 3. The Bertz CT molecular complexity index is 1280. The van der Waals surface area contributed by atoms with Gasteiger partial charge in [0.15, 0.2) is 5.82 Å². The predicted octanol–water partition coefficient (Wildman–Crippen LogP) is 5.41. The lowest BCUT2D eigenvalue weighted by molar-refractivity contribution is -0.137. The second-order valence-corrected chi connectivity index (χ2v) is 7.10. The van der Waals surface area contributed by atoms with Gasteiger partial charge in [-0.05, 0) is 35.9 Å². The fourth-order valence-electron chi connectivity index (χ4n) is 3.24. The van der Waals surface area contributed by atoms with E-state index in [0.717, 1.165) is 24.3 Å². The Morgan fingerprint density at radius 1 is 1.00 bits per heavy atom. The van der Waals surface area contributed by atoms with Gasteiger partial charge in [-0.2, -0.15) is 18.3 Å². The summed E-state index contributed by atoms with van der Waals surface area (Å²) >= 11 is 0. The fraction of sp³-hybridized carbons (Fsp3) is 0.0870. The van der Waals surface area contributed by atoms with E-state index in [-0.39, 0.29) is 22.4 Å². The molecule has 1 N–H and O–H groups in total. The molecule has 0 spiro atoms. The highest BCUT2D eigenvalue weighted by atomic mass is 19.4. The number of halogens is 5. The van der Waals surface area contributed by atoms with Crippen LogP contribution in [0.25, 0.3) is 16.9 Å². The van der Waals surface area contributed by atoms with Crippen molar-refractivity contribution in [2.75, 3.05) is 5.32 Å². The number of alkyl halides is 3. The van der Waals surface area contributed by atoms with Crippen molar-refractivity contribution in [1.29, 1.82) is 0 Å². The molecule has 0 atom stereocenters. The molecule has 4 aromatic rings. The Morgan fingerprint density at radius 3 is 2.42 bits per heavy atom. The van der Waals surface area contributed by atoms with E-state index in [2.05, 4.69) is 15.4 Å². The van der Waals surface area contributed by atoms with E-state index in [4.69, 9.17) is 0 Å². The average molecular weight is 458 g/mol. The van der Waals surface area contributed by atoms with Gasteiger partial charge in [0.2, 0.25) is 5.91 Å². The number of anilines is 1. The summed E-state index contributed by atoms with van der Waals surface area (Å²) < 4.78 is 69.2. The van der Waals surface area contributed by atoms with Crippen LogP contribution in [0.2, 0.25) is 0 Å². The first-order valence-electron chi connectivity index (χ1n) is 9.62. The highest BCUT2D eigenvalue weighted by Crippen LogP contribution is 2.31. The van der Waals surface area contributed by atoms with Crippen LogP contribution in [0.15, 0.2) is 73.2 Å². The quantitative estimate of drug-likeness (QED) is 0.407. The van der Waals surface area contributed by atoms with Gasteiger partial charge in [-0.15, -0.1) is 0 Å². The molecule has 0 aliphatic heterocycles. The van der Waals surface area contributed by atoms with Gasteiger partial charge in [-0.25, -0.2) is 18.4 Å². The summed E-state index contributed by atoms with van der Waals surface area (Å²) in [7, 11) is 0. The van der Waals surface area contributed by atoms with Gasteiger partial charge in [-0.1, -0.05) is 24.3 Å². The third-order valence-electron chi connectivity index (χ3n) is 4.70. The molecular weight excluding hydrogens is 443 g/mol. The van der Waals surface area contributed by atoms with Crippen LogP contribution in [-0.4, -0.2) is 20.7 Å². The van der Waals surface area contributed by atoms with Crippen molar-refractivity contribution >= 4 is 11.6 Å². The summed E-state index contributed by atoms with van der Waals surface area (Å²) in [6.07, 6.45) is -0.697. The van der Waals surface area contributed by atoms with Gasteiger partial charge in [0, 0.05) is 23.6 Å². The van der Waals surface area contributed by atoms with E-state index in [0.29, 0.717) is 5.82 Å². The average Bonchev–Trinajstić information content (AvgIpc) is 3.23. The SMILES string of the molecule is O=C(Cc1cccc(C(F)(F)F)c1)Nc1cc(F)c(-c2cnn(-c3ccccn3)c2)c(F)c1. The molecule has 0 saturated carbocycles. The molecule has 0 aliphatic rings. The second-order valence-electron chi connectivity index (χ2n) is 7.10. The lowest BCUT2D eigenvalue weighted by Crippen LogP contribution is -2.15. The first kappa shape index (κ1) is 22.1. The molecule has 0 fully saturated rings. The lowest BCUT2D eigenvalue weighted by Gasteiger charge is -2.10. The largest absolute Gasteiger partial charge is 0.416 e. The summed E-state index contributed by atoms with van der Waals surface area (Å²) in [6.45, 7) is 0. The summed E-state index contributed by atoms with van der Waals surface area (Å²) in [5.74, 6) is -2.14. The molecule has 10 heteroatoms. The minimum absolute atomic E-state index is 0.113. The molecule has 5 nitrogen and oxygen atoms in total. The summed E-state index contributed by atoms with van der Waals surface area (Å²) in [4.78, 5) is 16.3. The zero-order chi connectivity index (χ0) is 23.6. The summed E-state index contributed by atoms with van der Waals surface area (Å²) in [5, 5.41) is 6.37. The van der Waals surface area contributed by atoms with Crippen LogP contribution in [0, 0.1) is 11.6 Å². The van der Waals surface area contributed by atoms with Crippen LogP contribution in [0.1, 0.15) is 11.1 Å². The topological polar surface area (TPSA) is 59.8 Å². The monoisotopic (exact) mass is 458 g/mol. The van der Waals surface area contributed by atoms with Crippen LogP contribution in [-0.2, 0) is 17.4 Å². The number of rotatable bonds is 5. The molecule has 1 amide bonds. The van der Waals surface area contributed by atoms with Gasteiger partial charge >= 0.3 is 6.18 Å². The first-order chi connectivity index (χ1) is 15.7. The van der Waals surface area contributed by atoms with Crippen molar-refractivity contribution in [3.63, 3.8) is 0 Å². The molecule has 4 rings (SSSR count). The van der Waals surface area contributed by atoms with E-state index in [1.165, 1.54) is 29.2 Å². The number of carbonyl (C=O) groups is 1. The number of pyridine rings is 1. The fourth-order valence-corrected chi connectivity index (χ4v) is 3.24. The van der Waals surface area contributed by atoms with Crippen molar-refractivity contribution in [3.05, 3.63) is 95.9 Å². The molecule has 0 aliphatic carbocycles. The van der Waals surface area contributed by atoms with E-state index < -0.39 is 35.7 Å². The molecule has 0 unspecified atom stereocenters. The van der Waals surface area contributed by atoms with E-state index in [9.17, 15) is 26.7 Å². The third-order valence-corrected chi connectivity index (χ3v) is 4.70. The Kier molecular flexibility index (Phi) is 5.91. The van der Waals surface area contributed by atoms with Crippen molar-refractivity contribution in [3.8, 4) is 16.9 Å². The highest BCUT2D eigenvalue weighted by Gasteiger charge is 2.30. The normalized spacial score (nSPS) is 11.4. The van der Waals surface area contributed by atoms with Crippen LogP contribution in [0.3, 0.4) is 0 Å². The molecule has 0 bridgehead atoms.